The van der Waals surface area contributed by atoms with Crippen molar-refractivity contribution in [3.8, 4) is 0 Å². The van der Waals surface area contributed by atoms with E-state index >= 15 is 0 Å². The van der Waals surface area contributed by atoms with Crippen molar-refractivity contribution in [1.82, 2.24) is 0 Å². The van der Waals surface area contributed by atoms with Crippen molar-refractivity contribution in [1.29, 1.82) is 0 Å². The Kier molecular flexibility index (Phi) is 3.47. The molecule has 0 aromatic heterocycles. The van der Waals surface area contributed by atoms with Gasteiger partial charge in [-0.3, -0.25) is 0 Å². The van der Waals surface area contributed by atoms with Crippen LogP contribution in [0.2, 0.25) is 0 Å². The molecule has 1 heterocycles. The largest absolute Gasteiger partial charge is 0.417 e. The highest BCUT2D eigenvalue weighted by atomic mass is 19.4. The molecule has 2 rings (SSSR count). The predicted molar refractivity (Wildman–Crippen MR) is 63.4 cm³/mol. The maximum atomic E-state index is 12.8. The van der Waals surface area contributed by atoms with Crippen LogP contribution in [0.5, 0.6) is 0 Å². The highest BCUT2D eigenvalue weighted by Gasteiger charge is 2.56. The average Bonchev–Trinajstić information content (AvgIpc) is 2.78. The summed E-state index contributed by atoms with van der Waals surface area (Å²) in [6.45, 7) is 1.34. The molecule has 0 amide bonds. The molecule has 1 aliphatic heterocycles. The van der Waals surface area contributed by atoms with Crippen molar-refractivity contribution in [2.24, 2.45) is 5.92 Å². The Bertz CT molecular complexity index is 441. The van der Waals surface area contributed by atoms with Gasteiger partial charge in [0, 0.05) is 24.7 Å². The van der Waals surface area contributed by atoms with Crippen molar-refractivity contribution in [2.75, 3.05) is 18.0 Å². The van der Waals surface area contributed by atoms with E-state index < -0.39 is 17.7 Å². The summed E-state index contributed by atoms with van der Waals surface area (Å²) >= 11 is 0. The Hall–Kier alpha value is -1.30. The van der Waals surface area contributed by atoms with E-state index in [2.05, 4.69) is 0 Å². The lowest BCUT2D eigenvalue weighted by molar-refractivity contribution is -0.269. The van der Waals surface area contributed by atoms with Gasteiger partial charge in [-0.1, -0.05) is 0 Å². The first-order valence-corrected chi connectivity index (χ1v) is 6.01. The summed E-state index contributed by atoms with van der Waals surface area (Å²) in [7, 11) is 0. The Balaban J connectivity index is 2.10. The normalized spacial score (nSPS) is 23.5. The number of rotatable bonds is 2. The average molecular weight is 277 g/mol. The van der Waals surface area contributed by atoms with Crippen molar-refractivity contribution in [3.63, 3.8) is 0 Å². The molecule has 1 aliphatic rings. The molecular weight excluding hydrogens is 262 g/mol. The molecule has 0 bridgehead atoms. The van der Waals surface area contributed by atoms with Crippen LogP contribution in [0.25, 0.3) is 0 Å². The summed E-state index contributed by atoms with van der Waals surface area (Å²) in [5, 5.41) is 9.65. The van der Waals surface area contributed by atoms with E-state index in [-0.39, 0.29) is 18.8 Å². The van der Waals surface area contributed by atoms with Gasteiger partial charge in [0.2, 0.25) is 0 Å². The molecule has 0 spiro atoms. The number of aliphatic hydroxyl groups is 1. The lowest BCUT2D eigenvalue weighted by Crippen LogP contribution is -2.49. The molecule has 1 fully saturated rings. The van der Waals surface area contributed by atoms with E-state index in [0.29, 0.717) is 12.2 Å². The monoisotopic (exact) mass is 277 g/mol. The zero-order valence-corrected chi connectivity index (χ0v) is 10.4. The number of alkyl halides is 3. The Morgan fingerprint density at radius 3 is 2.32 bits per heavy atom. The van der Waals surface area contributed by atoms with Gasteiger partial charge in [0.15, 0.2) is 5.60 Å². The molecule has 1 aromatic rings. The molecule has 19 heavy (non-hydrogen) atoms. The molecule has 0 aliphatic carbocycles. The second kappa shape index (κ2) is 4.67. The van der Waals surface area contributed by atoms with E-state index in [1.54, 1.807) is 4.90 Å². The highest BCUT2D eigenvalue weighted by Crippen LogP contribution is 2.40. The van der Waals surface area contributed by atoms with E-state index in [0.717, 1.165) is 6.92 Å². The summed E-state index contributed by atoms with van der Waals surface area (Å²) in [5.74, 6) is -1.26. The number of halogens is 4. The van der Waals surface area contributed by atoms with E-state index in [1.807, 2.05) is 0 Å². The minimum atomic E-state index is -4.64. The fourth-order valence-corrected chi connectivity index (χ4v) is 2.34. The first-order valence-electron chi connectivity index (χ1n) is 6.01. The molecule has 0 radical (unpaired) electrons. The third-order valence-electron chi connectivity index (χ3n) is 3.75. The number of benzene rings is 1. The highest BCUT2D eigenvalue weighted by molar-refractivity contribution is 5.47. The Morgan fingerprint density at radius 2 is 1.79 bits per heavy atom. The van der Waals surface area contributed by atoms with Gasteiger partial charge in [0.05, 0.1) is 0 Å². The number of anilines is 1. The van der Waals surface area contributed by atoms with Gasteiger partial charge in [-0.05, 0) is 37.6 Å². The second-order valence-electron chi connectivity index (χ2n) is 5.05. The second-order valence-corrected chi connectivity index (χ2v) is 5.05. The summed E-state index contributed by atoms with van der Waals surface area (Å²) in [6, 6.07) is 5.59. The first-order chi connectivity index (χ1) is 8.72. The van der Waals surface area contributed by atoms with Crippen LogP contribution in [0.3, 0.4) is 0 Å². The minimum absolute atomic E-state index is 0.109. The fourth-order valence-electron chi connectivity index (χ4n) is 2.34. The fraction of sp³-hybridized carbons (Fsp3) is 0.538. The van der Waals surface area contributed by atoms with Crippen LogP contribution in [0.1, 0.15) is 13.3 Å². The smallest absolute Gasteiger partial charge is 0.380 e. The van der Waals surface area contributed by atoms with Crippen LogP contribution in [-0.4, -0.2) is 30.0 Å². The molecule has 0 saturated carbocycles. The van der Waals surface area contributed by atoms with Crippen molar-refractivity contribution in [2.45, 2.75) is 25.1 Å². The lowest BCUT2D eigenvalue weighted by atomic mass is 9.88. The summed E-state index contributed by atoms with van der Waals surface area (Å²) in [6.07, 6.45) is -4.39. The SMILES string of the molecule is CC(O)(C1CCN(c2ccc(F)cc2)C1)C(F)(F)F. The summed E-state index contributed by atoms with van der Waals surface area (Å²) in [5.41, 5.74) is -2.02. The third-order valence-corrected chi connectivity index (χ3v) is 3.75. The van der Waals surface area contributed by atoms with Gasteiger partial charge in [-0.25, -0.2) is 4.39 Å². The molecule has 2 atom stereocenters. The predicted octanol–water partition coefficient (Wildman–Crippen LogP) is 2.97. The molecule has 6 heteroatoms. The zero-order chi connectivity index (χ0) is 14.3. The molecule has 2 nitrogen and oxygen atoms in total. The van der Waals surface area contributed by atoms with Gasteiger partial charge in [-0.2, -0.15) is 13.2 Å². The standard InChI is InChI=1S/C13H15F4NO/c1-12(19,13(15,16)17)9-6-7-18(8-9)11-4-2-10(14)3-5-11/h2-5,9,19H,6-8H2,1H3. The van der Waals surface area contributed by atoms with E-state index in [1.165, 1.54) is 24.3 Å². The van der Waals surface area contributed by atoms with Crippen LogP contribution in [0, 0.1) is 11.7 Å². The van der Waals surface area contributed by atoms with Gasteiger partial charge < -0.3 is 10.0 Å². The lowest BCUT2D eigenvalue weighted by Gasteiger charge is -2.32. The van der Waals surface area contributed by atoms with Crippen molar-refractivity contribution >= 4 is 5.69 Å². The Morgan fingerprint density at radius 1 is 1.21 bits per heavy atom. The summed E-state index contributed by atoms with van der Waals surface area (Å²) < 4.78 is 51.0. The van der Waals surface area contributed by atoms with E-state index in [4.69, 9.17) is 0 Å². The van der Waals surface area contributed by atoms with Crippen LogP contribution < -0.4 is 4.90 Å². The number of hydrogen-bond acceptors (Lipinski definition) is 2. The van der Waals surface area contributed by atoms with Crippen LogP contribution in [0.15, 0.2) is 24.3 Å². The van der Waals surface area contributed by atoms with Gasteiger partial charge in [-0.15, -0.1) is 0 Å². The van der Waals surface area contributed by atoms with Crippen LogP contribution in [0.4, 0.5) is 23.2 Å². The third kappa shape index (κ3) is 2.68. The van der Waals surface area contributed by atoms with Crippen LogP contribution >= 0.6 is 0 Å². The van der Waals surface area contributed by atoms with Crippen LogP contribution in [-0.2, 0) is 0 Å². The van der Waals surface area contributed by atoms with E-state index in [9.17, 15) is 22.7 Å². The molecule has 1 aromatic carbocycles. The van der Waals surface area contributed by atoms with Crippen molar-refractivity contribution < 1.29 is 22.7 Å². The molecule has 1 N–H and O–H groups in total. The van der Waals surface area contributed by atoms with Crippen molar-refractivity contribution in [3.05, 3.63) is 30.1 Å². The maximum absolute atomic E-state index is 12.8. The van der Waals surface area contributed by atoms with Gasteiger partial charge in [0.1, 0.15) is 5.82 Å². The maximum Gasteiger partial charge on any atom is 0.417 e. The number of nitrogens with zero attached hydrogens (tertiary/aromatic N) is 1. The zero-order valence-electron chi connectivity index (χ0n) is 10.4. The number of hydrogen-bond donors (Lipinski definition) is 1. The first kappa shape index (κ1) is 14.1. The minimum Gasteiger partial charge on any atom is -0.380 e. The molecular formula is C13H15F4NO. The van der Waals surface area contributed by atoms with Gasteiger partial charge in [0.25, 0.3) is 0 Å². The summed E-state index contributed by atoms with van der Waals surface area (Å²) in [4.78, 5) is 1.73. The molecule has 1 saturated heterocycles. The quantitative estimate of drug-likeness (QED) is 0.840. The van der Waals surface area contributed by atoms with Gasteiger partial charge >= 0.3 is 6.18 Å². The molecule has 2 unspecified atom stereocenters. The Labute approximate surface area is 108 Å². The topological polar surface area (TPSA) is 23.5 Å². The molecule has 106 valence electrons.